The molecule has 0 fully saturated rings. The van der Waals surface area contributed by atoms with Crippen molar-refractivity contribution < 1.29 is 9.72 Å². The van der Waals surface area contributed by atoms with Crippen molar-refractivity contribution in [3.8, 4) is 0 Å². The average molecular weight is 339 g/mol. The first-order chi connectivity index (χ1) is 11.6. The monoisotopic (exact) mass is 339 g/mol. The molecule has 1 heterocycles. The minimum atomic E-state index is -0.451. The van der Waals surface area contributed by atoms with Gasteiger partial charge in [-0.1, -0.05) is 18.2 Å². The fourth-order valence-corrected chi connectivity index (χ4v) is 2.85. The Morgan fingerprint density at radius 2 is 1.92 bits per heavy atom. The molecule has 0 spiro atoms. The Bertz CT molecular complexity index is 897. The van der Waals surface area contributed by atoms with E-state index in [0.29, 0.717) is 5.69 Å². The quantitative estimate of drug-likeness (QED) is 0.433. The second-order valence-electron chi connectivity index (χ2n) is 5.00. The van der Waals surface area contributed by atoms with Gasteiger partial charge in [0.25, 0.3) is 5.69 Å². The van der Waals surface area contributed by atoms with Crippen LogP contribution in [0.5, 0.6) is 0 Å². The summed E-state index contributed by atoms with van der Waals surface area (Å²) in [5, 5.41) is 14.4. The molecule has 0 bridgehead atoms. The standard InChI is InChI=1S/C17H13N3O3S/c21-17(11-24-15-7-5-14(6-8-15)20(22)23)19-13-9-12-3-1-2-4-16(12)18-10-13/h1-10H,11H2,(H,19,21). The number of para-hydroxylation sites is 1. The van der Waals surface area contributed by atoms with Gasteiger partial charge in [-0.3, -0.25) is 19.9 Å². The van der Waals surface area contributed by atoms with E-state index in [2.05, 4.69) is 10.3 Å². The van der Waals surface area contributed by atoms with Crippen LogP contribution in [-0.4, -0.2) is 21.6 Å². The number of anilines is 1. The average Bonchev–Trinajstić information content (AvgIpc) is 2.60. The molecular weight excluding hydrogens is 326 g/mol. The van der Waals surface area contributed by atoms with Crippen molar-refractivity contribution in [3.05, 3.63) is 70.9 Å². The van der Waals surface area contributed by atoms with Crippen molar-refractivity contribution in [2.75, 3.05) is 11.1 Å². The van der Waals surface area contributed by atoms with E-state index in [4.69, 9.17) is 0 Å². The zero-order valence-electron chi connectivity index (χ0n) is 12.5. The lowest BCUT2D eigenvalue weighted by molar-refractivity contribution is -0.384. The van der Waals surface area contributed by atoms with Crippen molar-refractivity contribution in [3.63, 3.8) is 0 Å². The summed E-state index contributed by atoms with van der Waals surface area (Å²) in [6.07, 6.45) is 1.62. The minimum Gasteiger partial charge on any atom is -0.324 e. The predicted molar refractivity (Wildman–Crippen MR) is 94.2 cm³/mol. The number of carbonyl (C=O) groups is 1. The SMILES string of the molecule is O=C(CSc1ccc([N+](=O)[O-])cc1)Nc1cnc2ccccc2c1. The van der Waals surface area contributed by atoms with Crippen LogP contribution in [0.25, 0.3) is 10.9 Å². The van der Waals surface area contributed by atoms with Crippen LogP contribution in [0.4, 0.5) is 11.4 Å². The third-order valence-corrected chi connectivity index (χ3v) is 4.30. The summed E-state index contributed by atoms with van der Waals surface area (Å²) in [6.45, 7) is 0. The maximum Gasteiger partial charge on any atom is 0.269 e. The number of nitrogens with one attached hydrogen (secondary N) is 1. The first kappa shape index (κ1) is 15.9. The van der Waals surface area contributed by atoms with E-state index in [0.717, 1.165) is 15.8 Å². The minimum absolute atomic E-state index is 0.0334. The number of aromatic nitrogens is 1. The summed E-state index contributed by atoms with van der Waals surface area (Å²) < 4.78 is 0. The number of pyridine rings is 1. The number of nitro groups is 1. The van der Waals surface area contributed by atoms with Crippen LogP contribution in [0.15, 0.2) is 65.7 Å². The first-order valence-corrected chi connectivity index (χ1v) is 8.12. The zero-order valence-corrected chi connectivity index (χ0v) is 13.3. The normalized spacial score (nSPS) is 10.5. The van der Waals surface area contributed by atoms with Crippen molar-refractivity contribution in [1.29, 1.82) is 0 Å². The number of benzene rings is 2. The van der Waals surface area contributed by atoms with E-state index in [1.165, 1.54) is 23.9 Å². The highest BCUT2D eigenvalue weighted by atomic mass is 32.2. The fraction of sp³-hybridized carbons (Fsp3) is 0.0588. The van der Waals surface area contributed by atoms with Gasteiger partial charge in [-0.05, 0) is 24.3 Å². The number of hydrogen-bond donors (Lipinski definition) is 1. The number of nitro benzene ring substituents is 1. The third kappa shape index (κ3) is 3.88. The summed E-state index contributed by atoms with van der Waals surface area (Å²) in [5.74, 6) is 0.0559. The molecule has 0 aliphatic carbocycles. The molecule has 0 unspecified atom stereocenters. The largest absolute Gasteiger partial charge is 0.324 e. The van der Waals surface area contributed by atoms with Crippen LogP contribution >= 0.6 is 11.8 Å². The van der Waals surface area contributed by atoms with Gasteiger partial charge in [0.1, 0.15) is 0 Å². The van der Waals surface area contributed by atoms with Crippen LogP contribution in [0.1, 0.15) is 0 Å². The highest BCUT2D eigenvalue weighted by Gasteiger charge is 2.07. The summed E-state index contributed by atoms with van der Waals surface area (Å²) in [4.78, 5) is 27.3. The molecule has 0 aliphatic rings. The van der Waals surface area contributed by atoms with Crippen molar-refractivity contribution in [1.82, 2.24) is 4.98 Å². The maximum absolute atomic E-state index is 12.0. The number of thioether (sulfide) groups is 1. The molecule has 3 aromatic rings. The van der Waals surface area contributed by atoms with E-state index < -0.39 is 4.92 Å². The second-order valence-corrected chi connectivity index (χ2v) is 6.05. The van der Waals surface area contributed by atoms with Gasteiger partial charge in [-0.15, -0.1) is 11.8 Å². The van der Waals surface area contributed by atoms with Gasteiger partial charge < -0.3 is 5.32 Å². The Morgan fingerprint density at radius 1 is 1.17 bits per heavy atom. The lowest BCUT2D eigenvalue weighted by Crippen LogP contribution is -2.14. The fourth-order valence-electron chi connectivity index (χ4n) is 2.15. The summed E-state index contributed by atoms with van der Waals surface area (Å²) in [5.41, 5.74) is 1.55. The first-order valence-electron chi connectivity index (χ1n) is 7.14. The van der Waals surface area contributed by atoms with Crippen LogP contribution in [0.3, 0.4) is 0 Å². The van der Waals surface area contributed by atoms with E-state index in [1.54, 1.807) is 18.3 Å². The van der Waals surface area contributed by atoms with Gasteiger partial charge in [0.05, 0.1) is 28.1 Å². The molecule has 3 rings (SSSR count). The van der Waals surface area contributed by atoms with Crippen LogP contribution in [0, 0.1) is 10.1 Å². The molecule has 6 nitrogen and oxygen atoms in total. The smallest absolute Gasteiger partial charge is 0.269 e. The molecule has 0 atom stereocenters. The topological polar surface area (TPSA) is 85.1 Å². The molecule has 0 saturated heterocycles. The van der Waals surface area contributed by atoms with E-state index in [-0.39, 0.29) is 17.3 Å². The van der Waals surface area contributed by atoms with Gasteiger partial charge in [0, 0.05) is 22.4 Å². The Morgan fingerprint density at radius 3 is 2.67 bits per heavy atom. The summed E-state index contributed by atoms with van der Waals surface area (Å²) >= 11 is 1.32. The van der Waals surface area contributed by atoms with E-state index >= 15 is 0 Å². The van der Waals surface area contributed by atoms with E-state index in [9.17, 15) is 14.9 Å². The Labute approximate surface area is 142 Å². The van der Waals surface area contributed by atoms with Crippen molar-refractivity contribution >= 4 is 39.9 Å². The van der Waals surface area contributed by atoms with Gasteiger partial charge in [0.15, 0.2) is 0 Å². The molecule has 1 N–H and O–H groups in total. The Balaban J connectivity index is 1.59. The van der Waals surface area contributed by atoms with Crippen molar-refractivity contribution in [2.45, 2.75) is 4.90 Å². The number of nitrogens with zero attached hydrogens (tertiary/aromatic N) is 2. The van der Waals surface area contributed by atoms with Gasteiger partial charge in [-0.25, -0.2) is 0 Å². The lowest BCUT2D eigenvalue weighted by Gasteiger charge is -2.06. The number of fused-ring (bicyclic) bond motifs is 1. The predicted octanol–water partition coefficient (Wildman–Crippen LogP) is 3.87. The number of carbonyl (C=O) groups excluding carboxylic acids is 1. The van der Waals surface area contributed by atoms with Crippen LogP contribution in [-0.2, 0) is 4.79 Å². The highest BCUT2D eigenvalue weighted by molar-refractivity contribution is 8.00. The molecule has 1 amide bonds. The van der Waals surface area contributed by atoms with Crippen LogP contribution < -0.4 is 5.32 Å². The highest BCUT2D eigenvalue weighted by Crippen LogP contribution is 2.22. The number of non-ortho nitro benzene ring substituents is 1. The van der Waals surface area contributed by atoms with E-state index in [1.807, 2.05) is 30.3 Å². The van der Waals surface area contributed by atoms with Gasteiger partial charge in [-0.2, -0.15) is 0 Å². The molecular formula is C17H13N3O3S. The number of amides is 1. The zero-order chi connectivity index (χ0) is 16.9. The second kappa shape index (κ2) is 7.10. The Hall–Kier alpha value is -2.93. The molecule has 120 valence electrons. The van der Waals surface area contributed by atoms with Gasteiger partial charge >= 0.3 is 0 Å². The maximum atomic E-state index is 12.0. The number of hydrogen-bond acceptors (Lipinski definition) is 5. The third-order valence-electron chi connectivity index (χ3n) is 3.29. The van der Waals surface area contributed by atoms with Crippen molar-refractivity contribution in [2.24, 2.45) is 0 Å². The number of rotatable bonds is 5. The molecule has 7 heteroatoms. The lowest BCUT2D eigenvalue weighted by atomic mass is 10.2. The van der Waals surface area contributed by atoms with Crippen LogP contribution in [0.2, 0.25) is 0 Å². The molecule has 24 heavy (non-hydrogen) atoms. The molecule has 0 aliphatic heterocycles. The molecule has 0 saturated carbocycles. The molecule has 0 radical (unpaired) electrons. The molecule has 2 aromatic carbocycles. The Kier molecular flexibility index (Phi) is 4.72. The van der Waals surface area contributed by atoms with Gasteiger partial charge in [0.2, 0.25) is 5.91 Å². The summed E-state index contributed by atoms with van der Waals surface area (Å²) in [6, 6.07) is 15.7. The summed E-state index contributed by atoms with van der Waals surface area (Å²) in [7, 11) is 0. The molecule has 1 aromatic heterocycles.